The predicted octanol–water partition coefficient (Wildman–Crippen LogP) is 2.99. The fraction of sp³-hybridized carbons (Fsp3) is 0.235. The number of carbonyl (C=O) groups excluding carboxylic acids is 2. The first-order chi connectivity index (χ1) is 11.6. The summed E-state index contributed by atoms with van der Waals surface area (Å²) < 4.78 is 6.86. The van der Waals surface area contributed by atoms with Crippen LogP contribution in [0.1, 0.15) is 23.0 Å². The van der Waals surface area contributed by atoms with Crippen molar-refractivity contribution >= 4 is 39.2 Å². The summed E-state index contributed by atoms with van der Waals surface area (Å²) in [5.74, 6) is -0.543. The molecule has 0 aliphatic rings. The molecule has 0 fully saturated rings. The zero-order valence-corrected chi connectivity index (χ0v) is 14.2. The minimum Gasteiger partial charge on any atom is -0.466 e. The number of esters is 1. The van der Waals surface area contributed by atoms with E-state index in [1.165, 1.54) is 11.3 Å². The Labute approximate surface area is 143 Å². The van der Waals surface area contributed by atoms with Crippen molar-refractivity contribution in [3.8, 4) is 0 Å². The molecule has 6 nitrogen and oxygen atoms in total. The maximum Gasteiger partial charge on any atom is 0.311 e. The van der Waals surface area contributed by atoms with E-state index >= 15 is 0 Å². The lowest BCUT2D eigenvalue weighted by Crippen LogP contribution is -2.12. The third-order valence-corrected chi connectivity index (χ3v) is 4.38. The summed E-state index contributed by atoms with van der Waals surface area (Å²) in [4.78, 5) is 28.3. The van der Waals surface area contributed by atoms with Gasteiger partial charge < -0.3 is 9.30 Å². The van der Waals surface area contributed by atoms with Gasteiger partial charge in [-0.1, -0.05) is 6.07 Å². The quantitative estimate of drug-likeness (QED) is 0.723. The highest BCUT2D eigenvalue weighted by Crippen LogP contribution is 2.22. The van der Waals surface area contributed by atoms with Crippen molar-refractivity contribution in [1.29, 1.82) is 0 Å². The van der Waals surface area contributed by atoms with Gasteiger partial charge in [0, 0.05) is 35.1 Å². The van der Waals surface area contributed by atoms with Gasteiger partial charge in [-0.2, -0.15) is 0 Å². The van der Waals surface area contributed by atoms with Gasteiger partial charge in [0.2, 0.25) is 0 Å². The highest BCUT2D eigenvalue weighted by atomic mass is 32.1. The van der Waals surface area contributed by atoms with Crippen LogP contribution in [0.3, 0.4) is 0 Å². The molecule has 0 unspecified atom stereocenters. The topological polar surface area (TPSA) is 73.2 Å². The predicted molar refractivity (Wildman–Crippen MR) is 93.3 cm³/mol. The van der Waals surface area contributed by atoms with E-state index < -0.39 is 0 Å². The molecule has 124 valence electrons. The minimum atomic E-state index is -0.324. The number of hydrogen-bond acceptors (Lipinski definition) is 5. The number of benzene rings is 1. The number of thiazole rings is 1. The molecular weight excluding hydrogens is 326 g/mol. The molecule has 0 bridgehead atoms. The summed E-state index contributed by atoms with van der Waals surface area (Å²) in [5, 5.41) is 5.89. The van der Waals surface area contributed by atoms with Crippen LogP contribution in [-0.4, -0.2) is 28.0 Å². The molecule has 1 amide bonds. The van der Waals surface area contributed by atoms with Crippen molar-refractivity contribution in [2.75, 3.05) is 11.9 Å². The standard InChI is InChI=1S/C17H17N3O3S/c1-3-23-15(21)9-11-10-24-17(18-11)19-16(22)13-5-4-6-14-12(13)7-8-20(14)2/h4-8,10H,3,9H2,1-2H3,(H,18,19,22). The van der Waals surface area contributed by atoms with Crippen molar-refractivity contribution in [3.05, 3.63) is 47.1 Å². The lowest BCUT2D eigenvalue weighted by Gasteiger charge is -2.04. The molecule has 0 saturated heterocycles. The first kappa shape index (κ1) is 16.2. The zero-order valence-electron chi connectivity index (χ0n) is 13.4. The van der Waals surface area contributed by atoms with E-state index in [0.717, 1.165) is 10.9 Å². The number of aryl methyl sites for hydroxylation is 1. The molecule has 0 radical (unpaired) electrons. The van der Waals surface area contributed by atoms with Crippen molar-refractivity contribution in [1.82, 2.24) is 9.55 Å². The Morgan fingerprint density at radius 3 is 2.96 bits per heavy atom. The Bertz CT molecular complexity index is 898. The maximum absolute atomic E-state index is 12.5. The van der Waals surface area contributed by atoms with Gasteiger partial charge in [-0.25, -0.2) is 4.98 Å². The monoisotopic (exact) mass is 343 g/mol. The Morgan fingerprint density at radius 2 is 2.17 bits per heavy atom. The Balaban J connectivity index is 1.75. The molecule has 1 N–H and O–H groups in total. The van der Waals surface area contributed by atoms with Crippen LogP contribution < -0.4 is 5.32 Å². The molecule has 0 atom stereocenters. The van der Waals surface area contributed by atoms with E-state index in [1.54, 1.807) is 18.4 Å². The second-order valence-electron chi connectivity index (χ2n) is 5.24. The molecule has 3 aromatic rings. The summed E-state index contributed by atoms with van der Waals surface area (Å²) in [7, 11) is 1.94. The van der Waals surface area contributed by atoms with Crippen molar-refractivity contribution < 1.29 is 14.3 Å². The summed E-state index contributed by atoms with van der Waals surface area (Å²) in [6.07, 6.45) is 2.02. The number of ether oxygens (including phenoxy) is 1. The molecular formula is C17H17N3O3S. The molecule has 2 aromatic heterocycles. The van der Waals surface area contributed by atoms with Gasteiger partial charge in [0.25, 0.3) is 5.91 Å². The number of carbonyl (C=O) groups is 2. The molecule has 0 saturated carbocycles. The summed E-state index contributed by atoms with van der Waals surface area (Å²) in [6, 6.07) is 7.52. The lowest BCUT2D eigenvalue weighted by atomic mass is 10.1. The summed E-state index contributed by atoms with van der Waals surface area (Å²) >= 11 is 1.29. The SMILES string of the molecule is CCOC(=O)Cc1csc(NC(=O)c2cccc3c2ccn3C)n1. The average molecular weight is 343 g/mol. The molecule has 0 spiro atoms. The number of aromatic nitrogens is 2. The third kappa shape index (κ3) is 3.30. The van der Waals surface area contributed by atoms with Crippen LogP contribution in [0, 0.1) is 0 Å². The molecule has 1 aromatic carbocycles. The van der Waals surface area contributed by atoms with Crippen LogP contribution in [0.4, 0.5) is 5.13 Å². The molecule has 2 heterocycles. The van der Waals surface area contributed by atoms with Crippen molar-refractivity contribution in [3.63, 3.8) is 0 Å². The number of hydrogen-bond donors (Lipinski definition) is 1. The van der Waals surface area contributed by atoms with E-state index in [9.17, 15) is 9.59 Å². The van der Waals surface area contributed by atoms with Crippen molar-refractivity contribution in [2.24, 2.45) is 7.05 Å². The largest absolute Gasteiger partial charge is 0.466 e. The van der Waals surface area contributed by atoms with Gasteiger partial charge in [-0.3, -0.25) is 14.9 Å². The van der Waals surface area contributed by atoms with Crippen LogP contribution in [0.2, 0.25) is 0 Å². The molecule has 0 aliphatic heterocycles. The average Bonchev–Trinajstić information content (AvgIpc) is 3.14. The van der Waals surface area contributed by atoms with E-state index in [2.05, 4.69) is 10.3 Å². The number of amides is 1. The normalized spacial score (nSPS) is 10.8. The Hall–Kier alpha value is -2.67. The number of fused-ring (bicyclic) bond motifs is 1. The lowest BCUT2D eigenvalue weighted by molar-refractivity contribution is -0.142. The number of nitrogens with one attached hydrogen (secondary N) is 1. The second kappa shape index (κ2) is 6.84. The highest BCUT2D eigenvalue weighted by Gasteiger charge is 2.14. The first-order valence-electron chi connectivity index (χ1n) is 7.54. The molecule has 3 rings (SSSR count). The number of nitrogens with zero attached hydrogens (tertiary/aromatic N) is 2. The van der Waals surface area contributed by atoms with Crippen LogP contribution >= 0.6 is 11.3 Å². The van der Waals surface area contributed by atoms with Gasteiger partial charge >= 0.3 is 5.97 Å². The van der Waals surface area contributed by atoms with Gasteiger partial charge in [0.1, 0.15) is 0 Å². The fourth-order valence-electron chi connectivity index (χ4n) is 2.47. The molecule has 24 heavy (non-hydrogen) atoms. The maximum atomic E-state index is 12.5. The molecule has 7 heteroatoms. The van der Waals surface area contributed by atoms with Crippen LogP contribution in [0.15, 0.2) is 35.8 Å². The third-order valence-electron chi connectivity index (χ3n) is 3.58. The highest BCUT2D eigenvalue weighted by molar-refractivity contribution is 7.14. The van der Waals surface area contributed by atoms with E-state index in [-0.39, 0.29) is 18.3 Å². The van der Waals surface area contributed by atoms with Gasteiger partial charge in [-0.15, -0.1) is 11.3 Å². The van der Waals surface area contributed by atoms with Crippen LogP contribution in [-0.2, 0) is 23.0 Å². The number of rotatable bonds is 5. The van der Waals surface area contributed by atoms with E-state index in [0.29, 0.717) is 23.0 Å². The van der Waals surface area contributed by atoms with Gasteiger partial charge in [0.15, 0.2) is 5.13 Å². The number of anilines is 1. The zero-order chi connectivity index (χ0) is 17.1. The Kier molecular flexibility index (Phi) is 4.61. The van der Waals surface area contributed by atoms with Crippen molar-refractivity contribution in [2.45, 2.75) is 13.3 Å². The van der Waals surface area contributed by atoms with E-state index in [4.69, 9.17) is 4.74 Å². The van der Waals surface area contributed by atoms with Gasteiger partial charge in [-0.05, 0) is 25.1 Å². The fourth-order valence-corrected chi connectivity index (χ4v) is 3.18. The summed E-state index contributed by atoms with van der Waals surface area (Å²) in [5.41, 5.74) is 2.17. The summed E-state index contributed by atoms with van der Waals surface area (Å²) in [6.45, 7) is 2.10. The van der Waals surface area contributed by atoms with E-state index in [1.807, 2.05) is 36.0 Å². The second-order valence-corrected chi connectivity index (χ2v) is 6.10. The minimum absolute atomic E-state index is 0.106. The van der Waals surface area contributed by atoms with Crippen LogP contribution in [0.5, 0.6) is 0 Å². The van der Waals surface area contributed by atoms with Gasteiger partial charge in [0.05, 0.1) is 18.7 Å². The molecule has 0 aliphatic carbocycles. The Morgan fingerprint density at radius 1 is 1.33 bits per heavy atom. The first-order valence-corrected chi connectivity index (χ1v) is 8.42. The smallest absolute Gasteiger partial charge is 0.311 e. The van der Waals surface area contributed by atoms with Crippen LogP contribution in [0.25, 0.3) is 10.9 Å².